The SMILES string of the molecule is O=C(Cn1ccc2ccc(Cl)cc21)NC1CCN(c2ccc(S(=O)(=O)Nc3ncns3)cc2)C1. The maximum Gasteiger partial charge on any atom is 0.263 e. The largest absolute Gasteiger partial charge is 0.369 e. The molecule has 0 aliphatic carbocycles. The monoisotopic (exact) mass is 516 g/mol. The smallest absolute Gasteiger partial charge is 0.263 e. The Morgan fingerprint density at radius 3 is 2.76 bits per heavy atom. The summed E-state index contributed by atoms with van der Waals surface area (Å²) in [5.74, 6) is -0.0616. The minimum Gasteiger partial charge on any atom is -0.369 e. The van der Waals surface area contributed by atoms with Crippen molar-refractivity contribution >= 4 is 60.8 Å². The van der Waals surface area contributed by atoms with Crippen LogP contribution in [0.4, 0.5) is 10.8 Å². The van der Waals surface area contributed by atoms with Gasteiger partial charge in [0.1, 0.15) is 12.9 Å². The topological polar surface area (TPSA) is 109 Å². The number of halogens is 1. The van der Waals surface area contributed by atoms with Crippen molar-refractivity contribution < 1.29 is 13.2 Å². The average Bonchev–Trinajstić information content (AvgIpc) is 3.56. The summed E-state index contributed by atoms with van der Waals surface area (Å²) in [6, 6.07) is 14.3. The molecular weight excluding hydrogens is 496 g/mol. The van der Waals surface area contributed by atoms with Crippen LogP contribution < -0.4 is 14.9 Å². The predicted octanol–water partition coefficient (Wildman–Crippen LogP) is 3.34. The number of carbonyl (C=O) groups is 1. The summed E-state index contributed by atoms with van der Waals surface area (Å²) in [6.07, 6.45) is 3.99. The van der Waals surface area contributed by atoms with E-state index in [4.69, 9.17) is 11.6 Å². The molecule has 34 heavy (non-hydrogen) atoms. The Balaban J connectivity index is 1.18. The molecule has 2 aromatic heterocycles. The highest BCUT2D eigenvalue weighted by Gasteiger charge is 2.25. The van der Waals surface area contributed by atoms with E-state index in [1.54, 1.807) is 24.3 Å². The number of nitrogens with one attached hydrogen (secondary N) is 2. The summed E-state index contributed by atoms with van der Waals surface area (Å²) in [5, 5.41) is 4.99. The molecule has 4 aromatic rings. The van der Waals surface area contributed by atoms with Gasteiger partial charge in [0.2, 0.25) is 11.0 Å². The van der Waals surface area contributed by atoms with E-state index in [9.17, 15) is 13.2 Å². The van der Waals surface area contributed by atoms with Crippen LogP contribution in [0, 0.1) is 0 Å². The van der Waals surface area contributed by atoms with Crippen molar-refractivity contribution in [3.8, 4) is 0 Å². The second-order valence-electron chi connectivity index (χ2n) is 7.99. The first kappa shape index (κ1) is 22.6. The second-order valence-corrected chi connectivity index (χ2v) is 10.9. The van der Waals surface area contributed by atoms with Crippen molar-refractivity contribution in [2.75, 3.05) is 22.7 Å². The van der Waals surface area contributed by atoms with Gasteiger partial charge in [-0.25, -0.2) is 13.4 Å². The fraction of sp³-hybridized carbons (Fsp3) is 0.227. The molecule has 0 spiro atoms. The Morgan fingerprint density at radius 2 is 2.00 bits per heavy atom. The number of aromatic nitrogens is 3. The summed E-state index contributed by atoms with van der Waals surface area (Å²) in [5.41, 5.74) is 1.82. The van der Waals surface area contributed by atoms with Gasteiger partial charge < -0.3 is 14.8 Å². The first-order valence-electron chi connectivity index (χ1n) is 10.6. The second kappa shape index (κ2) is 9.24. The molecule has 2 N–H and O–H groups in total. The molecule has 12 heteroatoms. The third-order valence-corrected chi connectivity index (χ3v) is 8.00. The third kappa shape index (κ3) is 4.86. The number of fused-ring (bicyclic) bond motifs is 1. The van der Waals surface area contributed by atoms with Crippen LogP contribution >= 0.6 is 23.1 Å². The maximum absolute atomic E-state index is 12.7. The van der Waals surface area contributed by atoms with Crippen LogP contribution in [0.25, 0.3) is 10.9 Å². The van der Waals surface area contributed by atoms with Gasteiger partial charge in [0.15, 0.2) is 0 Å². The normalized spacial score (nSPS) is 16.1. The minimum absolute atomic E-state index is 0.0143. The molecule has 9 nitrogen and oxygen atoms in total. The van der Waals surface area contributed by atoms with E-state index < -0.39 is 10.0 Å². The summed E-state index contributed by atoms with van der Waals surface area (Å²) in [7, 11) is -3.72. The predicted molar refractivity (Wildman–Crippen MR) is 133 cm³/mol. The molecule has 2 aromatic carbocycles. The zero-order valence-corrected chi connectivity index (χ0v) is 20.3. The third-order valence-electron chi connectivity index (χ3n) is 5.70. The number of sulfonamides is 1. The van der Waals surface area contributed by atoms with Crippen molar-refractivity contribution in [2.24, 2.45) is 0 Å². The van der Waals surface area contributed by atoms with Crippen molar-refractivity contribution in [1.82, 2.24) is 19.2 Å². The van der Waals surface area contributed by atoms with E-state index in [0.717, 1.165) is 41.1 Å². The number of hydrogen-bond donors (Lipinski definition) is 2. The standard InChI is InChI=1S/C22H21ClN6O3S2/c23-16-2-1-15-7-9-29(20(15)11-16)13-21(30)26-17-8-10-28(12-17)18-3-5-19(6-4-18)34(31,32)27-22-24-14-25-33-22/h1-7,9,11,14,17H,8,10,12-13H2,(H,26,30)(H,24,25,27). The summed E-state index contributed by atoms with van der Waals surface area (Å²) < 4.78 is 33.1. The van der Waals surface area contributed by atoms with E-state index in [1.807, 2.05) is 35.0 Å². The van der Waals surface area contributed by atoms with Gasteiger partial charge >= 0.3 is 0 Å². The lowest BCUT2D eigenvalue weighted by molar-refractivity contribution is -0.122. The Bertz CT molecular complexity index is 1420. The van der Waals surface area contributed by atoms with Crippen LogP contribution in [0.1, 0.15) is 6.42 Å². The van der Waals surface area contributed by atoms with Crippen LogP contribution in [0.5, 0.6) is 0 Å². The molecule has 1 unspecified atom stereocenters. The summed E-state index contributed by atoms with van der Waals surface area (Å²) in [6.45, 7) is 1.63. The number of anilines is 2. The van der Waals surface area contributed by atoms with E-state index in [2.05, 4.69) is 24.3 Å². The Kier molecular flexibility index (Phi) is 6.15. The Labute approximate surface area is 205 Å². The number of hydrogen-bond acceptors (Lipinski definition) is 7. The number of rotatable bonds is 7. The van der Waals surface area contributed by atoms with Gasteiger partial charge in [-0.3, -0.25) is 9.52 Å². The molecule has 1 atom stereocenters. The number of amides is 1. The van der Waals surface area contributed by atoms with Crippen LogP contribution in [0.3, 0.4) is 0 Å². The van der Waals surface area contributed by atoms with Crippen LogP contribution in [0.2, 0.25) is 5.02 Å². The lowest BCUT2D eigenvalue weighted by Crippen LogP contribution is -2.38. The van der Waals surface area contributed by atoms with Gasteiger partial charge in [-0.15, -0.1) is 0 Å². The molecule has 0 saturated carbocycles. The first-order chi connectivity index (χ1) is 16.4. The van der Waals surface area contributed by atoms with Crippen LogP contribution in [0.15, 0.2) is 66.0 Å². The van der Waals surface area contributed by atoms with Gasteiger partial charge in [-0.05, 0) is 54.3 Å². The quantitative estimate of drug-likeness (QED) is 0.390. The van der Waals surface area contributed by atoms with Crippen molar-refractivity contribution in [1.29, 1.82) is 0 Å². The van der Waals surface area contributed by atoms with Gasteiger partial charge in [0.25, 0.3) is 10.0 Å². The van der Waals surface area contributed by atoms with Crippen molar-refractivity contribution in [3.05, 3.63) is 66.1 Å². The molecule has 5 rings (SSSR count). The molecule has 176 valence electrons. The number of nitrogens with zero attached hydrogens (tertiary/aromatic N) is 4. The average molecular weight is 517 g/mol. The fourth-order valence-corrected chi connectivity index (χ4v) is 5.89. The van der Waals surface area contributed by atoms with Crippen LogP contribution in [-0.4, -0.2) is 47.4 Å². The highest BCUT2D eigenvalue weighted by atomic mass is 35.5. The van der Waals surface area contributed by atoms with Gasteiger partial charge in [0, 0.05) is 53.1 Å². The van der Waals surface area contributed by atoms with Crippen molar-refractivity contribution in [3.63, 3.8) is 0 Å². The minimum atomic E-state index is -3.72. The molecule has 3 heterocycles. The van der Waals surface area contributed by atoms with Gasteiger partial charge in [0.05, 0.1) is 4.90 Å². The van der Waals surface area contributed by atoms with Crippen molar-refractivity contribution in [2.45, 2.75) is 23.9 Å². The van der Waals surface area contributed by atoms with E-state index in [1.165, 1.54) is 6.33 Å². The Hall–Kier alpha value is -3.15. The molecular formula is C22H21ClN6O3S2. The maximum atomic E-state index is 12.7. The lowest BCUT2D eigenvalue weighted by atomic mass is 10.2. The first-order valence-corrected chi connectivity index (χ1v) is 13.2. The zero-order chi connectivity index (χ0) is 23.7. The molecule has 1 saturated heterocycles. The molecule has 1 aliphatic rings. The highest BCUT2D eigenvalue weighted by Crippen LogP contribution is 2.24. The molecule has 0 radical (unpaired) electrons. The highest BCUT2D eigenvalue weighted by molar-refractivity contribution is 7.93. The molecule has 1 fully saturated rings. The molecule has 1 amide bonds. The summed E-state index contributed by atoms with van der Waals surface area (Å²) >= 11 is 7.07. The molecule has 0 bridgehead atoms. The van der Waals surface area contributed by atoms with E-state index >= 15 is 0 Å². The van der Waals surface area contributed by atoms with Gasteiger partial charge in [-0.1, -0.05) is 17.7 Å². The van der Waals surface area contributed by atoms with Gasteiger partial charge in [-0.2, -0.15) is 4.37 Å². The number of benzene rings is 2. The molecule has 1 aliphatic heterocycles. The summed E-state index contributed by atoms with van der Waals surface area (Å²) in [4.78, 5) is 18.8. The Morgan fingerprint density at radius 1 is 1.18 bits per heavy atom. The fourth-order valence-electron chi connectivity index (χ4n) is 4.06. The van der Waals surface area contributed by atoms with Crippen LogP contribution in [-0.2, 0) is 21.4 Å². The number of carbonyl (C=O) groups excluding carboxylic acids is 1. The lowest BCUT2D eigenvalue weighted by Gasteiger charge is -2.19. The zero-order valence-electron chi connectivity index (χ0n) is 17.9. The van der Waals surface area contributed by atoms with E-state index in [0.29, 0.717) is 11.6 Å². The van der Waals surface area contributed by atoms with E-state index in [-0.39, 0.29) is 28.5 Å².